The van der Waals surface area contributed by atoms with Crippen molar-refractivity contribution in [3.05, 3.63) is 42.0 Å². The van der Waals surface area contributed by atoms with Crippen molar-refractivity contribution in [1.82, 2.24) is 0 Å². The van der Waals surface area contributed by atoms with Gasteiger partial charge in [0, 0.05) is 18.4 Å². The van der Waals surface area contributed by atoms with Crippen LogP contribution in [0.2, 0.25) is 0 Å². The van der Waals surface area contributed by atoms with Crippen LogP contribution in [0.25, 0.3) is 0 Å². The number of fused-ring (bicyclic) bond motifs is 1. The normalized spacial score (nSPS) is 15.7. The highest BCUT2D eigenvalue weighted by Gasteiger charge is 2.05. The summed E-state index contributed by atoms with van der Waals surface area (Å²) >= 11 is 0. The van der Waals surface area contributed by atoms with Gasteiger partial charge in [-0.25, -0.2) is 0 Å². The third-order valence-corrected chi connectivity index (χ3v) is 2.27. The number of benzene rings is 1. The molecule has 0 fully saturated rings. The zero-order valence-corrected chi connectivity index (χ0v) is 8.11. The Morgan fingerprint density at radius 2 is 2.14 bits per heavy atom. The number of nitrogens with zero attached hydrogens (tertiary/aromatic N) is 1. The van der Waals surface area contributed by atoms with Gasteiger partial charge in [0.15, 0.2) is 0 Å². The quantitative estimate of drug-likeness (QED) is 0.660. The third-order valence-electron chi connectivity index (χ3n) is 2.27. The second kappa shape index (κ2) is 4.61. The van der Waals surface area contributed by atoms with E-state index >= 15 is 0 Å². The van der Waals surface area contributed by atoms with Crippen molar-refractivity contribution in [2.75, 3.05) is 18.4 Å². The van der Waals surface area contributed by atoms with Crippen LogP contribution >= 0.6 is 0 Å². The number of hydrogen-bond donors (Lipinski definition) is 1. The van der Waals surface area contributed by atoms with Crippen LogP contribution in [0.5, 0.6) is 0 Å². The SMILES string of the molecule is C1=CCN=C1.c1ccc2c(c1)CCN2. The molecule has 0 aliphatic carbocycles. The number of allylic oxidation sites excluding steroid dienone is 1. The lowest BCUT2D eigenvalue weighted by atomic mass is 10.2. The largest absolute Gasteiger partial charge is 0.384 e. The van der Waals surface area contributed by atoms with Gasteiger partial charge in [-0.1, -0.05) is 24.3 Å². The predicted octanol–water partition coefficient (Wildman–Crippen LogP) is 2.28. The Bertz CT molecular complexity index is 320. The highest BCUT2D eigenvalue weighted by atomic mass is 14.9. The smallest absolute Gasteiger partial charge is 0.0573 e. The molecule has 1 N–H and O–H groups in total. The van der Waals surface area contributed by atoms with Gasteiger partial charge in [0.2, 0.25) is 0 Å². The summed E-state index contributed by atoms with van der Waals surface area (Å²) < 4.78 is 0. The Morgan fingerprint density at radius 3 is 2.79 bits per heavy atom. The Hall–Kier alpha value is -1.57. The summed E-state index contributed by atoms with van der Waals surface area (Å²) in [4.78, 5) is 3.85. The van der Waals surface area contributed by atoms with Gasteiger partial charge >= 0.3 is 0 Å². The number of para-hydroxylation sites is 1. The Kier molecular flexibility index (Phi) is 2.96. The van der Waals surface area contributed by atoms with E-state index < -0.39 is 0 Å². The van der Waals surface area contributed by atoms with Gasteiger partial charge in [-0.3, -0.25) is 4.99 Å². The highest BCUT2D eigenvalue weighted by molar-refractivity contribution is 5.73. The second-order valence-corrected chi connectivity index (χ2v) is 3.28. The Labute approximate surface area is 84.4 Å². The average Bonchev–Trinajstić information content (AvgIpc) is 2.92. The molecule has 14 heavy (non-hydrogen) atoms. The average molecular weight is 186 g/mol. The molecule has 0 atom stereocenters. The van der Waals surface area contributed by atoms with E-state index in [2.05, 4.69) is 34.6 Å². The van der Waals surface area contributed by atoms with Gasteiger partial charge in [-0.15, -0.1) is 0 Å². The molecule has 0 bridgehead atoms. The lowest BCUT2D eigenvalue weighted by Crippen LogP contribution is -1.90. The molecule has 0 unspecified atom stereocenters. The number of rotatable bonds is 0. The van der Waals surface area contributed by atoms with Crippen LogP contribution in [0, 0.1) is 0 Å². The van der Waals surface area contributed by atoms with E-state index in [1.54, 1.807) is 6.21 Å². The molecule has 1 aromatic rings. The standard InChI is InChI=1S/C8H9N.C4H5N/c1-2-4-8-7(3-1)5-6-9-8;1-2-4-5-3-1/h1-4,9H,5-6H2;1-3H,4H2. The predicted molar refractivity (Wildman–Crippen MR) is 61.1 cm³/mol. The number of nitrogens with one attached hydrogen (secondary N) is 1. The van der Waals surface area contributed by atoms with Crippen LogP contribution in [0.3, 0.4) is 0 Å². The van der Waals surface area contributed by atoms with Crippen molar-refractivity contribution in [3.63, 3.8) is 0 Å². The second-order valence-electron chi connectivity index (χ2n) is 3.28. The number of anilines is 1. The lowest BCUT2D eigenvalue weighted by Gasteiger charge is -1.94. The monoisotopic (exact) mass is 186 g/mol. The molecule has 2 aliphatic heterocycles. The molecule has 72 valence electrons. The highest BCUT2D eigenvalue weighted by Crippen LogP contribution is 2.19. The molecule has 0 spiro atoms. The van der Waals surface area contributed by atoms with E-state index in [1.807, 2.05) is 12.2 Å². The van der Waals surface area contributed by atoms with E-state index in [9.17, 15) is 0 Å². The van der Waals surface area contributed by atoms with Crippen LogP contribution < -0.4 is 5.32 Å². The first-order valence-corrected chi connectivity index (χ1v) is 4.93. The Morgan fingerprint density at radius 1 is 1.21 bits per heavy atom. The maximum atomic E-state index is 3.85. The number of aliphatic imine (C=N–C) groups is 1. The fourth-order valence-electron chi connectivity index (χ4n) is 1.55. The van der Waals surface area contributed by atoms with Crippen molar-refractivity contribution >= 4 is 11.9 Å². The van der Waals surface area contributed by atoms with Crippen LogP contribution in [-0.4, -0.2) is 19.3 Å². The lowest BCUT2D eigenvalue weighted by molar-refractivity contribution is 1.11. The molecule has 2 heteroatoms. The first-order valence-electron chi connectivity index (χ1n) is 4.93. The van der Waals surface area contributed by atoms with Gasteiger partial charge < -0.3 is 5.32 Å². The molecular weight excluding hydrogens is 172 g/mol. The van der Waals surface area contributed by atoms with E-state index in [-0.39, 0.29) is 0 Å². The molecule has 0 saturated heterocycles. The fourth-order valence-corrected chi connectivity index (χ4v) is 1.55. The van der Waals surface area contributed by atoms with Crippen molar-refractivity contribution in [1.29, 1.82) is 0 Å². The summed E-state index contributed by atoms with van der Waals surface area (Å²) in [6.07, 6.45) is 6.95. The molecule has 0 radical (unpaired) electrons. The van der Waals surface area contributed by atoms with Crippen LogP contribution in [0.15, 0.2) is 41.4 Å². The van der Waals surface area contributed by atoms with E-state index in [0.29, 0.717) is 0 Å². The summed E-state index contributed by atoms with van der Waals surface area (Å²) in [7, 11) is 0. The van der Waals surface area contributed by atoms with Crippen LogP contribution in [0.4, 0.5) is 5.69 Å². The summed E-state index contributed by atoms with van der Waals surface area (Å²) in [5, 5.41) is 3.30. The first-order chi connectivity index (χ1) is 6.97. The third kappa shape index (κ3) is 2.22. The summed E-state index contributed by atoms with van der Waals surface area (Å²) in [6.45, 7) is 2.00. The van der Waals surface area contributed by atoms with E-state index in [0.717, 1.165) is 13.1 Å². The summed E-state index contributed by atoms with van der Waals surface area (Å²) in [5.74, 6) is 0. The minimum absolute atomic E-state index is 0.889. The van der Waals surface area contributed by atoms with E-state index in [4.69, 9.17) is 0 Å². The van der Waals surface area contributed by atoms with Gasteiger partial charge in [0.1, 0.15) is 0 Å². The molecule has 0 aromatic heterocycles. The molecular formula is C12H14N2. The number of hydrogen-bond acceptors (Lipinski definition) is 2. The maximum absolute atomic E-state index is 3.85. The first kappa shape index (κ1) is 9.00. The van der Waals surface area contributed by atoms with Gasteiger partial charge in [0.05, 0.1) is 6.54 Å². The molecule has 2 nitrogen and oxygen atoms in total. The molecule has 0 amide bonds. The molecule has 2 aliphatic rings. The van der Waals surface area contributed by atoms with Crippen molar-refractivity contribution < 1.29 is 0 Å². The topological polar surface area (TPSA) is 24.4 Å². The summed E-state index contributed by atoms with van der Waals surface area (Å²) in [6, 6.07) is 8.46. The maximum Gasteiger partial charge on any atom is 0.0573 e. The van der Waals surface area contributed by atoms with E-state index in [1.165, 1.54) is 17.7 Å². The molecule has 0 saturated carbocycles. The summed E-state index contributed by atoms with van der Waals surface area (Å²) in [5.41, 5.74) is 2.77. The van der Waals surface area contributed by atoms with Crippen LogP contribution in [-0.2, 0) is 6.42 Å². The zero-order valence-electron chi connectivity index (χ0n) is 8.11. The van der Waals surface area contributed by atoms with Crippen LogP contribution in [0.1, 0.15) is 5.56 Å². The molecule has 1 aromatic carbocycles. The Balaban J connectivity index is 0.000000128. The van der Waals surface area contributed by atoms with Crippen molar-refractivity contribution in [2.24, 2.45) is 4.99 Å². The fraction of sp³-hybridized carbons (Fsp3) is 0.250. The van der Waals surface area contributed by atoms with Crippen molar-refractivity contribution in [2.45, 2.75) is 6.42 Å². The van der Waals surface area contributed by atoms with Gasteiger partial charge in [0.25, 0.3) is 0 Å². The molecule has 2 heterocycles. The van der Waals surface area contributed by atoms with Gasteiger partial charge in [-0.2, -0.15) is 0 Å². The minimum Gasteiger partial charge on any atom is -0.384 e. The van der Waals surface area contributed by atoms with Gasteiger partial charge in [-0.05, 0) is 24.1 Å². The minimum atomic E-state index is 0.889. The molecule has 3 rings (SSSR count). The van der Waals surface area contributed by atoms with Crippen molar-refractivity contribution in [3.8, 4) is 0 Å². The zero-order chi connectivity index (χ0) is 9.64.